The maximum absolute atomic E-state index is 12.5. The van der Waals surface area contributed by atoms with Crippen molar-refractivity contribution in [3.63, 3.8) is 0 Å². The summed E-state index contributed by atoms with van der Waals surface area (Å²) >= 11 is 2.94. The number of nitrogens with one attached hydrogen (secondary N) is 1. The van der Waals surface area contributed by atoms with Gasteiger partial charge < -0.3 is 14.6 Å². The lowest BCUT2D eigenvalue weighted by Gasteiger charge is -2.35. The molecule has 0 radical (unpaired) electrons. The molecule has 8 heteroatoms. The Hall–Kier alpha value is -1.54. The van der Waals surface area contributed by atoms with Crippen LogP contribution in [0, 0.1) is 0 Å². The molecule has 1 N–H and O–H groups in total. The molecule has 24 heavy (non-hydrogen) atoms. The number of rotatable bonds is 7. The predicted octanol–water partition coefficient (Wildman–Crippen LogP) is 3.63. The summed E-state index contributed by atoms with van der Waals surface area (Å²) in [7, 11) is 0. The number of hydrogen-bond acceptors (Lipinski definition) is 7. The van der Waals surface area contributed by atoms with Crippen LogP contribution in [-0.2, 0) is 11.3 Å². The summed E-state index contributed by atoms with van der Waals surface area (Å²) in [5.74, 6) is 1.50. The number of thioether (sulfide) groups is 1. The summed E-state index contributed by atoms with van der Waals surface area (Å²) in [6.45, 7) is 3.63. The van der Waals surface area contributed by atoms with Crippen molar-refractivity contribution in [1.82, 2.24) is 15.1 Å². The van der Waals surface area contributed by atoms with Crippen molar-refractivity contribution in [2.24, 2.45) is 0 Å². The van der Waals surface area contributed by atoms with E-state index in [1.54, 1.807) is 6.26 Å². The van der Waals surface area contributed by atoms with Crippen LogP contribution in [0.3, 0.4) is 0 Å². The first-order valence-corrected chi connectivity index (χ1v) is 10.1. The van der Waals surface area contributed by atoms with E-state index in [0.717, 1.165) is 41.0 Å². The Morgan fingerprint density at radius 3 is 3.21 bits per heavy atom. The zero-order valence-corrected chi connectivity index (χ0v) is 15.4. The van der Waals surface area contributed by atoms with Crippen molar-refractivity contribution in [1.29, 1.82) is 0 Å². The second-order valence-electron chi connectivity index (χ2n) is 5.74. The SMILES string of the molecule is CCC1CCCCN1C(=O)CSc1nnc(NCc2ccco2)s1. The van der Waals surface area contributed by atoms with Crippen LogP contribution in [0.25, 0.3) is 0 Å². The van der Waals surface area contributed by atoms with Gasteiger partial charge in [-0.25, -0.2) is 0 Å². The molecule has 2 aromatic rings. The first-order valence-electron chi connectivity index (χ1n) is 8.28. The molecular weight excluding hydrogens is 344 g/mol. The van der Waals surface area contributed by atoms with E-state index in [-0.39, 0.29) is 5.91 Å². The maximum atomic E-state index is 12.5. The van der Waals surface area contributed by atoms with Crippen LogP contribution in [0.1, 0.15) is 38.4 Å². The molecule has 0 saturated carbocycles. The normalized spacial score (nSPS) is 17.9. The van der Waals surface area contributed by atoms with Crippen molar-refractivity contribution in [2.45, 2.75) is 49.5 Å². The van der Waals surface area contributed by atoms with Gasteiger partial charge in [0.25, 0.3) is 0 Å². The zero-order valence-electron chi connectivity index (χ0n) is 13.7. The quantitative estimate of drug-likeness (QED) is 0.755. The third kappa shape index (κ3) is 4.51. The van der Waals surface area contributed by atoms with Gasteiger partial charge in [-0.1, -0.05) is 30.0 Å². The van der Waals surface area contributed by atoms with Crippen LogP contribution < -0.4 is 5.32 Å². The number of carbonyl (C=O) groups excluding carboxylic acids is 1. The van der Waals surface area contributed by atoms with E-state index in [4.69, 9.17) is 4.42 Å². The smallest absolute Gasteiger partial charge is 0.233 e. The highest BCUT2D eigenvalue weighted by molar-refractivity contribution is 8.01. The third-order valence-electron chi connectivity index (χ3n) is 4.14. The van der Waals surface area contributed by atoms with E-state index < -0.39 is 0 Å². The van der Waals surface area contributed by atoms with E-state index >= 15 is 0 Å². The first kappa shape index (κ1) is 17.3. The van der Waals surface area contributed by atoms with Crippen LogP contribution in [0.4, 0.5) is 5.13 Å². The molecule has 1 saturated heterocycles. The Morgan fingerprint density at radius 1 is 1.50 bits per heavy atom. The number of amides is 1. The number of hydrogen-bond donors (Lipinski definition) is 1. The summed E-state index contributed by atoms with van der Waals surface area (Å²) in [5.41, 5.74) is 0. The summed E-state index contributed by atoms with van der Waals surface area (Å²) in [5, 5.41) is 12.2. The monoisotopic (exact) mass is 366 g/mol. The largest absolute Gasteiger partial charge is 0.467 e. The number of anilines is 1. The number of furan rings is 1. The lowest BCUT2D eigenvalue weighted by atomic mass is 10.0. The molecule has 6 nitrogen and oxygen atoms in total. The summed E-state index contributed by atoms with van der Waals surface area (Å²) in [6, 6.07) is 4.17. The molecule has 1 unspecified atom stereocenters. The average Bonchev–Trinajstić information content (AvgIpc) is 3.29. The van der Waals surface area contributed by atoms with Gasteiger partial charge in [-0.15, -0.1) is 10.2 Å². The highest BCUT2D eigenvalue weighted by Crippen LogP contribution is 2.27. The molecule has 1 aliphatic rings. The fraction of sp³-hybridized carbons (Fsp3) is 0.562. The highest BCUT2D eigenvalue weighted by Gasteiger charge is 2.25. The van der Waals surface area contributed by atoms with E-state index in [1.165, 1.54) is 29.5 Å². The van der Waals surface area contributed by atoms with Gasteiger partial charge in [0.05, 0.1) is 18.6 Å². The van der Waals surface area contributed by atoms with Crippen LogP contribution in [0.2, 0.25) is 0 Å². The van der Waals surface area contributed by atoms with E-state index in [1.807, 2.05) is 17.0 Å². The average molecular weight is 367 g/mol. The number of piperidine rings is 1. The predicted molar refractivity (Wildman–Crippen MR) is 96.3 cm³/mol. The van der Waals surface area contributed by atoms with E-state index in [0.29, 0.717) is 18.3 Å². The van der Waals surface area contributed by atoms with Crippen LogP contribution in [-0.4, -0.2) is 39.3 Å². The minimum atomic E-state index is 0.215. The van der Waals surface area contributed by atoms with Gasteiger partial charge in [0, 0.05) is 12.6 Å². The zero-order chi connectivity index (χ0) is 16.8. The Morgan fingerprint density at radius 2 is 2.42 bits per heavy atom. The van der Waals surface area contributed by atoms with Gasteiger partial charge in [0.2, 0.25) is 11.0 Å². The van der Waals surface area contributed by atoms with Gasteiger partial charge in [-0.3, -0.25) is 4.79 Å². The number of aromatic nitrogens is 2. The second kappa shape index (κ2) is 8.53. The number of nitrogens with zero attached hydrogens (tertiary/aromatic N) is 3. The Labute approximate surface area is 150 Å². The van der Waals surface area contributed by atoms with Gasteiger partial charge in [-0.05, 0) is 37.8 Å². The molecule has 130 valence electrons. The third-order valence-corrected chi connectivity index (χ3v) is 6.14. The number of carbonyl (C=O) groups is 1. The molecule has 0 aromatic carbocycles. The molecule has 0 aliphatic carbocycles. The molecule has 3 heterocycles. The fourth-order valence-corrected chi connectivity index (χ4v) is 4.51. The lowest BCUT2D eigenvalue weighted by Crippen LogP contribution is -2.44. The van der Waals surface area contributed by atoms with Crippen molar-refractivity contribution >= 4 is 34.1 Å². The van der Waals surface area contributed by atoms with Gasteiger partial charge in [0.15, 0.2) is 4.34 Å². The molecule has 3 rings (SSSR count). The molecule has 0 bridgehead atoms. The maximum Gasteiger partial charge on any atom is 0.233 e. The minimum Gasteiger partial charge on any atom is -0.467 e. The Kier molecular flexibility index (Phi) is 6.14. The van der Waals surface area contributed by atoms with Crippen molar-refractivity contribution in [2.75, 3.05) is 17.6 Å². The van der Waals surface area contributed by atoms with Crippen molar-refractivity contribution < 1.29 is 9.21 Å². The molecule has 0 spiro atoms. The van der Waals surface area contributed by atoms with Gasteiger partial charge in [-0.2, -0.15) is 0 Å². The second-order valence-corrected chi connectivity index (χ2v) is 7.94. The molecule has 1 fully saturated rings. The fourth-order valence-electron chi connectivity index (χ4n) is 2.88. The topological polar surface area (TPSA) is 71.3 Å². The van der Waals surface area contributed by atoms with Crippen LogP contribution in [0.15, 0.2) is 27.2 Å². The molecule has 1 aliphatic heterocycles. The summed E-state index contributed by atoms with van der Waals surface area (Å²) < 4.78 is 6.08. The Balaban J connectivity index is 1.47. The molecule has 2 aromatic heterocycles. The van der Waals surface area contributed by atoms with Crippen molar-refractivity contribution in [3.05, 3.63) is 24.2 Å². The van der Waals surface area contributed by atoms with Gasteiger partial charge >= 0.3 is 0 Å². The van der Waals surface area contributed by atoms with Gasteiger partial charge in [0.1, 0.15) is 5.76 Å². The highest BCUT2D eigenvalue weighted by atomic mass is 32.2. The van der Waals surface area contributed by atoms with E-state index in [2.05, 4.69) is 22.4 Å². The standard InChI is InChI=1S/C16H22N4O2S2/c1-2-12-6-3-4-8-20(12)14(21)11-23-16-19-18-15(24-16)17-10-13-7-5-9-22-13/h5,7,9,12H,2-4,6,8,10-11H2,1H3,(H,17,18). The van der Waals surface area contributed by atoms with E-state index in [9.17, 15) is 4.79 Å². The van der Waals surface area contributed by atoms with Crippen LogP contribution >= 0.6 is 23.1 Å². The Bertz CT molecular complexity index is 644. The van der Waals surface area contributed by atoms with Crippen LogP contribution in [0.5, 0.6) is 0 Å². The molecule has 1 amide bonds. The molecular formula is C16H22N4O2S2. The minimum absolute atomic E-state index is 0.215. The molecule has 1 atom stereocenters. The lowest BCUT2D eigenvalue weighted by molar-refractivity contribution is -0.132. The number of likely N-dealkylation sites (tertiary alicyclic amines) is 1. The summed E-state index contributed by atoms with van der Waals surface area (Å²) in [4.78, 5) is 14.5. The van der Waals surface area contributed by atoms with Crippen molar-refractivity contribution in [3.8, 4) is 0 Å². The first-order chi connectivity index (χ1) is 11.8. The summed E-state index contributed by atoms with van der Waals surface area (Å²) in [6.07, 6.45) is 6.17.